The molecule has 0 fully saturated rings. The van der Waals surface area contributed by atoms with Gasteiger partial charge in [-0.05, 0) is 0 Å². The van der Waals surface area contributed by atoms with Crippen LogP contribution < -0.4 is 51.4 Å². The summed E-state index contributed by atoms with van der Waals surface area (Å²) >= 11 is 0. The van der Waals surface area contributed by atoms with Crippen molar-refractivity contribution in [2.75, 3.05) is 0 Å². The van der Waals surface area contributed by atoms with Gasteiger partial charge in [0.05, 0.1) is 0 Å². The van der Waals surface area contributed by atoms with Crippen molar-refractivity contribution in [2.45, 2.75) is 77.4 Å². The van der Waals surface area contributed by atoms with Crippen molar-refractivity contribution in [2.24, 2.45) is 0 Å². The van der Waals surface area contributed by atoms with Crippen LogP contribution >= 0.6 is 0 Å². The Bertz CT molecular complexity index is 167. The molecule has 2 radical (unpaired) electrons. The van der Waals surface area contributed by atoms with Crippen molar-refractivity contribution in [1.29, 1.82) is 0 Å². The minimum absolute atomic E-state index is 0. The molecule has 0 rings (SSSR count). The summed E-state index contributed by atoms with van der Waals surface area (Å²) in [6.07, 6.45) is 0. The maximum Gasteiger partial charge on any atom is 1.00 e. The van der Waals surface area contributed by atoms with Crippen molar-refractivity contribution in [1.82, 2.24) is 0 Å². The van der Waals surface area contributed by atoms with E-state index in [0.717, 1.165) is 0 Å². The average molecular weight is 267 g/mol. The normalized spacial score (nSPS) is 14.8. The van der Waals surface area contributed by atoms with E-state index < -0.39 is 7.59 Å². The Morgan fingerprint density at radius 1 is 0.600 bits per heavy atom. The zero-order chi connectivity index (χ0) is 12.0. The largest absolute Gasteiger partial charge is 1.00 e. The summed E-state index contributed by atoms with van der Waals surface area (Å²) in [5.41, 5.74) is 0. The average Bonchev–Trinajstić information content (AvgIpc) is 1.77. The van der Waals surface area contributed by atoms with Crippen molar-refractivity contribution < 1.29 is 51.4 Å². The third-order valence-electron chi connectivity index (χ3n) is 3.38. The van der Waals surface area contributed by atoms with Crippen LogP contribution in [0.5, 0.6) is 0 Å². The molecule has 0 aromatic carbocycles. The standard InChI is InChI=1S/C12H27Si2.K/c1-10(2,3)14(13,11(4,5)6)12(7,8)9;/h1-9H3;/q-1;+1. The molecule has 0 heterocycles. The summed E-state index contributed by atoms with van der Waals surface area (Å²) < 4.78 is 0. The van der Waals surface area contributed by atoms with Crippen molar-refractivity contribution in [3.63, 3.8) is 0 Å². The van der Waals surface area contributed by atoms with E-state index in [4.69, 9.17) is 0 Å². The Morgan fingerprint density at radius 2 is 0.733 bits per heavy atom. The molecule has 0 spiro atoms. The fraction of sp³-hybridized carbons (Fsp3) is 1.00. The summed E-state index contributed by atoms with van der Waals surface area (Å²) in [7, 11) is 2.70. The van der Waals surface area contributed by atoms with Gasteiger partial charge in [0.15, 0.2) is 0 Å². The molecule has 0 nitrogen and oxygen atoms in total. The van der Waals surface area contributed by atoms with Crippen LogP contribution in [0.1, 0.15) is 62.3 Å². The summed E-state index contributed by atoms with van der Waals surface area (Å²) in [6.45, 7) is 21.4. The minimum Gasteiger partial charge on any atom is -0.669 e. The van der Waals surface area contributed by atoms with Gasteiger partial charge in [-0.15, -0.1) is 7.59 Å². The van der Waals surface area contributed by atoms with E-state index >= 15 is 0 Å². The molecule has 15 heavy (non-hydrogen) atoms. The van der Waals surface area contributed by atoms with E-state index in [0.29, 0.717) is 15.1 Å². The van der Waals surface area contributed by atoms with Crippen LogP contribution in [0.25, 0.3) is 0 Å². The van der Waals surface area contributed by atoms with Gasteiger partial charge in [0, 0.05) is 0 Å². The van der Waals surface area contributed by atoms with Gasteiger partial charge in [-0.3, -0.25) is 0 Å². The first-order valence-corrected chi connectivity index (χ1v) is 9.00. The second kappa shape index (κ2) is 5.37. The maximum atomic E-state index is 4.25. The number of hydrogen-bond donors (Lipinski definition) is 0. The Labute approximate surface area is 144 Å². The van der Waals surface area contributed by atoms with Gasteiger partial charge < -0.3 is 9.76 Å². The van der Waals surface area contributed by atoms with Crippen LogP contribution in [0.15, 0.2) is 0 Å². The minimum atomic E-state index is -1.55. The summed E-state index contributed by atoms with van der Waals surface area (Å²) in [4.78, 5) is 0. The Hall–Kier alpha value is 2.07. The maximum absolute atomic E-state index is 4.25. The van der Waals surface area contributed by atoms with Gasteiger partial charge >= 0.3 is 51.4 Å². The van der Waals surface area contributed by atoms with E-state index in [2.05, 4.69) is 72.1 Å². The molecule has 0 aliphatic heterocycles. The van der Waals surface area contributed by atoms with E-state index in [9.17, 15) is 0 Å². The van der Waals surface area contributed by atoms with Crippen LogP contribution in [-0.2, 0) is 0 Å². The van der Waals surface area contributed by atoms with E-state index in [1.165, 1.54) is 0 Å². The second-order valence-corrected chi connectivity index (χ2v) is 15.8. The predicted molar refractivity (Wildman–Crippen MR) is 70.7 cm³/mol. The van der Waals surface area contributed by atoms with Crippen molar-refractivity contribution in [3.8, 4) is 0 Å². The molecule has 0 amide bonds. The molecule has 0 N–H and O–H groups in total. The molecule has 0 aliphatic rings. The van der Waals surface area contributed by atoms with Gasteiger partial charge in [0.1, 0.15) is 0 Å². The van der Waals surface area contributed by atoms with Crippen LogP contribution in [0.4, 0.5) is 0 Å². The molecule has 0 aromatic rings. The first kappa shape index (κ1) is 19.4. The molecule has 0 saturated carbocycles. The molecule has 0 atom stereocenters. The summed E-state index contributed by atoms with van der Waals surface area (Å²) in [6, 6.07) is 0. The summed E-state index contributed by atoms with van der Waals surface area (Å²) in [5.74, 6) is 0. The molecule has 0 bridgehead atoms. The van der Waals surface area contributed by atoms with Gasteiger partial charge in [0.25, 0.3) is 0 Å². The quantitative estimate of drug-likeness (QED) is 0.583. The number of hydrogen-bond acceptors (Lipinski definition) is 0. The fourth-order valence-electron chi connectivity index (χ4n) is 3.38. The van der Waals surface area contributed by atoms with Gasteiger partial charge in [-0.1, -0.05) is 77.4 Å². The second-order valence-electron chi connectivity index (χ2n) is 7.50. The molecule has 0 aliphatic carbocycles. The van der Waals surface area contributed by atoms with Gasteiger partial charge in [0.2, 0.25) is 0 Å². The van der Waals surface area contributed by atoms with Gasteiger partial charge in [-0.2, -0.15) is 0 Å². The molecule has 0 saturated heterocycles. The van der Waals surface area contributed by atoms with Gasteiger partial charge in [-0.25, -0.2) is 0 Å². The zero-order valence-corrected chi connectivity index (χ0v) is 17.6. The van der Waals surface area contributed by atoms with Crippen LogP contribution in [0.3, 0.4) is 0 Å². The van der Waals surface area contributed by atoms with Crippen molar-refractivity contribution >= 4 is 17.4 Å². The Morgan fingerprint density at radius 3 is 0.733 bits per heavy atom. The molecule has 0 unspecified atom stereocenters. The monoisotopic (exact) mass is 266 g/mol. The third-order valence-corrected chi connectivity index (χ3v) is 16.9. The third kappa shape index (κ3) is 3.76. The van der Waals surface area contributed by atoms with E-state index in [1.54, 1.807) is 0 Å². The van der Waals surface area contributed by atoms with Crippen LogP contribution in [0, 0.1) is 0 Å². The Balaban J connectivity index is 0. The zero-order valence-electron chi connectivity index (χ0n) is 12.5. The fourth-order valence-corrected chi connectivity index (χ4v) is 10.1. The van der Waals surface area contributed by atoms with Crippen LogP contribution in [-0.4, -0.2) is 17.4 Å². The molecular formula is C12H27KSi2. The molecule has 0 aromatic heterocycles. The molecule has 84 valence electrons. The first-order valence-electron chi connectivity index (χ1n) is 5.50. The predicted octanol–water partition coefficient (Wildman–Crippen LogP) is 1.50. The molecular weight excluding hydrogens is 239 g/mol. The smallest absolute Gasteiger partial charge is 0.669 e. The first-order chi connectivity index (χ1) is 5.75. The topological polar surface area (TPSA) is 0 Å². The van der Waals surface area contributed by atoms with E-state index in [-0.39, 0.29) is 51.4 Å². The van der Waals surface area contributed by atoms with E-state index in [1.807, 2.05) is 0 Å². The summed E-state index contributed by atoms with van der Waals surface area (Å²) in [5, 5.41) is 1.13. The number of rotatable bonds is 0. The molecule has 3 heteroatoms. The SMILES string of the molecule is CC(C)(C)[Si]([Si-])(C(C)(C)C)C(C)(C)C.[K+]. The Kier molecular flexibility index (Phi) is 6.95. The van der Waals surface area contributed by atoms with Crippen molar-refractivity contribution in [3.05, 3.63) is 0 Å². The van der Waals surface area contributed by atoms with Crippen LogP contribution in [0.2, 0.25) is 15.1 Å².